The highest BCUT2D eigenvalue weighted by Crippen LogP contribution is 2.48. The molecule has 2 fully saturated rings. The number of benzene rings is 1. The van der Waals surface area contributed by atoms with Crippen LogP contribution in [0.5, 0.6) is 0 Å². The minimum absolute atomic E-state index is 0.537. The lowest BCUT2D eigenvalue weighted by Crippen LogP contribution is -2.20. The Kier molecular flexibility index (Phi) is 3.18. The minimum atomic E-state index is 0.537. The van der Waals surface area contributed by atoms with E-state index >= 15 is 0 Å². The van der Waals surface area contributed by atoms with E-state index in [9.17, 15) is 0 Å². The van der Waals surface area contributed by atoms with Crippen molar-refractivity contribution in [3.63, 3.8) is 0 Å². The van der Waals surface area contributed by atoms with E-state index in [-0.39, 0.29) is 0 Å². The van der Waals surface area contributed by atoms with Gasteiger partial charge in [0.25, 0.3) is 0 Å². The van der Waals surface area contributed by atoms with Gasteiger partial charge in [0.1, 0.15) is 6.07 Å². The van der Waals surface area contributed by atoms with E-state index in [1.54, 1.807) is 6.07 Å². The topological polar surface area (TPSA) is 35.8 Å². The standard InChI is InChI=1S/C15H17ClN2/c16-14-2-1-3-15(13(14)8-17)18-9-12-7-10-4-5-11(12)6-10/h1-3,10-12,18H,4-7,9H2. The predicted molar refractivity (Wildman–Crippen MR) is 73.6 cm³/mol. The molecular formula is C15H17ClN2. The molecule has 2 saturated carbocycles. The van der Waals surface area contributed by atoms with Crippen LogP contribution < -0.4 is 5.32 Å². The largest absolute Gasteiger partial charge is 0.384 e. The second-order valence-corrected chi connectivity index (χ2v) is 6.00. The van der Waals surface area contributed by atoms with Crippen LogP contribution in [0.2, 0.25) is 5.02 Å². The lowest BCUT2D eigenvalue weighted by molar-refractivity contribution is 0.348. The highest BCUT2D eigenvalue weighted by atomic mass is 35.5. The molecule has 0 heterocycles. The number of hydrogen-bond acceptors (Lipinski definition) is 2. The molecule has 18 heavy (non-hydrogen) atoms. The van der Waals surface area contributed by atoms with Crippen molar-refractivity contribution in [3.05, 3.63) is 28.8 Å². The van der Waals surface area contributed by atoms with Crippen LogP contribution in [0.4, 0.5) is 5.69 Å². The van der Waals surface area contributed by atoms with Crippen LogP contribution in [-0.2, 0) is 0 Å². The molecule has 2 nitrogen and oxygen atoms in total. The second-order valence-electron chi connectivity index (χ2n) is 5.59. The monoisotopic (exact) mass is 260 g/mol. The van der Waals surface area contributed by atoms with Gasteiger partial charge < -0.3 is 5.32 Å². The van der Waals surface area contributed by atoms with Crippen molar-refractivity contribution in [2.24, 2.45) is 17.8 Å². The third-order valence-electron chi connectivity index (χ3n) is 4.56. The molecule has 1 aromatic carbocycles. The Morgan fingerprint density at radius 3 is 2.89 bits per heavy atom. The van der Waals surface area contributed by atoms with Gasteiger partial charge in [0.2, 0.25) is 0 Å². The van der Waals surface area contributed by atoms with E-state index in [0.717, 1.165) is 30.0 Å². The maximum atomic E-state index is 9.12. The van der Waals surface area contributed by atoms with Gasteiger partial charge in [-0.2, -0.15) is 5.26 Å². The normalized spacial score (nSPS) is 29.2. The molecule has 0 aromatic heterocycles. The van der Waals surface area contributed by atoms with Gasteiger partial charge in [-0.05, 0) is 49.1 Å². The molecule has 0 saturated heterocycles. The lowest BCUT2D eigenvalue weighted by Gasteiger charge is -2.22. The summed E-state index contributed by atoms with van der Waals surface area (Å²) in [5.41, 5.74) is 1.45. The fraction of sp³-hybridized carbons (Fsp3) is 0.533. The van der Waals surface area contributed by atoms with Gasteiger partial charge in [-0.1, -0.05) is 24.1 Å². The Morgan fingerprint density at radius 1 is 1.33 bits per heavy atom. The van der Waals surface area contributed by atoms with Crippen molar-refractivity contribution < 1.29 is 0 Å². The first-order chi connectivity index (χ1) is 8.78. The summed E-state index contributed by atoms with van der Waals surface area (Å²) in [4.78, 5) is 0. The minimum Gasteiger partial charge on any atom is -0.384 e. The Morgan fingerprint density at radius 2 is 2.22 bits per heavy atom. The molecule has 3 unspecified atom stereocenters. The maximum absolute atomic E-state index is 9.12. The average Bonchev–Trinajstić information content (AvgIpc) is 2.98. The number of rotatable bonds is 3. The van der Waals surface area contributed by atoms with E-state index in [2.05, 4.69) is 11.4 Å². The van der Waals surface area contributed by atoms with Gasteiger partial charge in [-0.3, -0.25) is 0 Å². The quantitative estimate of drug-likeness (QED) is 0.890. The molecule has 0 aliphatic heterocycles. The zero-order chi connectivity index (χ0) is 12.5. The molecule has 0 spiro atoms. The molecule has 3 atom stereocenters. The summed E-state index contributed by atoms with van der Waals surface area (Å²) < 4.78 is 0. The van der Waals surface area contributed by atoms with E-state index in [1.165, 1.54) is 25.7 Å². The SMILES string of the molecule is N#Cc1c(Cl)cccc1NCC1CC2CCC1C2. The van der Waals surface area contributed by atoms with E-state index in [0.29, 0.717) is 10.6 Å². The number of anilines is 1. The lowest BCUT2D eigenvalue weighted by atomic mass is 9.89. The third kappa shape index (κ3) is 2.08. The molecule has 2 aliphatic carbocycles. The van der Waals surface area contributed by atoms with Gasteiger partial charge in [0.15, 0.2) is 0 Å². The number of halogens is 1. The number of fused-ring (bicyclic) bond motifs is 2. The van der Waals surface area contributed by atoms with Crippen molar-refractivity contribution >= 4 is 17.3 Å². The molecule has 1 aromatic rings. The second kappa shape index (κ2) is 4.82. The van der Waals surface area contributed by atoms with Gasteiger partial charge in [-0.25, -0.2) is 0 Å². The summed E-state index contributed by atoms with van der Waals surface area (Å²) in [6, 6.07) is 7.78. The molecule has 0 radical (unpaired) electrons. The molecule has 2 aliphatic rings. The number of nitrogens with zero attached hydrogens (tertiary/aromatic N) is 1. The Labute approximate surface area is 113 Å². The smallest absolute Gasteiger partial charge is 0.103 e. The first-order valence-corrected chi connectivity index (χ1v) is 7.08. The van der Waals surface area contributed by atoms with E-state index in [1.807, 2.05) is 12.1 Å². The highest BCUT2D eigenvalue weighted by molar-refractivity contribution is 6.32. The summed E-state index contributed by atoms with van der Waals surface area (Å²) in [5, 5.41) is 13.1. The molecule has 1 N–H and O–H groups in total. The van der Waals surface area contributed by atoms with Crippen LogP contribution in [-0.4, -0.2) is 6.54 Å². The molecule has 0 amide bonds. The summed E-state index contributed by atoms with van der Waals surface area (Å²) in [7, 11) is 0. The fourth-order valence-electron chi connectivity index (χ4n) is 3.65. The van der Waals surface area contributed by atoms with Crippen molar-refractivity contribution in [1.29, 1.82) is 5.26 Å². The number of nitrogens with one attached hydrogen (secondary N) is 1. The van der Waals surface area contributed by atoms with Crippen LogP contribution in [0.1, 0.15) is 31.2 Å². The Bertz CT molecular complexity index is 492. The molecule has 2 bridgehead atoms. The summed E-state index contributed by atoms with van der Waals surface area (Å²) in [5.74, 6) is 2.66. The Balaban J connectivity index is 1.67. The van der Waals surface area contributed by atoms with E-state index in [4.69, 9.17) is 16.9 Å². The molecule has 3 heteroatoms. The zero-order valence-corrected chi connectivity index (χ0v) is 11.1. The van der Waals surface area contributed by atoms with Crippen LogP contribution >= 0.6 is 11.6 Å². The molecule has 3 rings (SSSR count). The van der Waals surface area contributed by atoms with Gasteiger partial charge in [0.05, 0.1) is 16.3 Å². The van der Waals surface area contributed by atoms with E-state index < -0.39 is 0 Å². The maximum Gasteiger partial charge on any atom is 0.103 e. The van der Waals surface area contributed by atoms with Crippen molar-refractivity contribution in [3.8, 4) is 6.07 Å². The first-order valence-electron chi connectivity index (χ1n) is 6.70. The Hall–Kier alpha value is -1.20. The van der Waals surface area contributed by atoms with Crippen LogP contribution in [0.15, 0.2) is 18.2 Å². The van der Waals surface area contributed by atoms with Crippen LogP contribution in [0.3, 0.4) is 0 Å². The number of nitriles is 1. The fourth-order valence-corrected chi connectivity index (χ4v) is 3.87. The summed E-state index contributed by atoms with van der Waals surface area (Å²) in [6.45, 7) is 0.982. The number of hydrogen-bond donors (Lipinski definition) is 1. The van der Waals surface area contributed by atoms with Crippen molar-refractivity contribution in [2.45, 2.75) is 25.7 Å². The van der Waals surface area contributed by atoms with Gasteiger partial charge >= 0.3 is 0 Å². The van der Waals surface area contributed by atoms with Gasteiger partial charge in [0, 0.05) is 6.54 Å². The van der Waals surface area contributed by atoms with Crippen molar-refractivity contribution in [2.75, 3.05) is 11.9 Å². The molecular weight excluding hydrogens is 244 g/mol. The van der Waals surface area contributed by atoms with Crippen LogP contribution in [0, 0.1) is 29.1 Å². The third-order valence-corrected chi connectivity index (χ3v) is 4.88. The highest BCUT2D eigenvalue weighted by Gasteiger charge is 2.39. The van der Waals surface area contributed by atoms with Crippen molar-refractivity contribution in [1.82, 2.24) is 0 Å². The summed E-state index contributed by atoms with van der Waals surface area (Å²) >= 11 is 6.03. The van der Waals surface area contributed by atoms with Gasteiger partial charge in [-0.15, -0.1) is 0 Å². The average molecular weight is 261 g/mol. The summed E-state index contributed by atoms with van der Waals surface area (Å²) in [6.07, 6.45) is 5.62. The first kappa shape index (κ1) is 11.9. The predicted octanol–water partition coefficient (Wildman–Crippen LogP) is 4.06. The zero-order valence-electron chi connectivity index (χ0n) is 10.3. The molecule has 94 valence electrons. The van der Waals surface area contributed by atoms with Crippen LogP contribution in [0.25, 0.3) is 0 Å².